The predicted molar refractivity (Wildman–Crippen MR) is 98.2 cm³/mol. The minimum atomic E-state index is -3.98. The SMILES string of the molecule is CO[C@H](C[C@@H]1OP(=O)(Oc2ccccc2)OC[C@H]1O)n1cc(C)c(=O)[nH]c1=O. The van der Waals surface area contributed by atoms with Crippen LogP contribution in [0.15, 0.2) is 46.1 Å². The zero-order chi connectivity index (χ0) is 20.3. The number of phosphoric acid groups is 1. The van der Waals surface area contributed by atoms with Crippen LogP contribution < -0.4 is 15.8 Å². The summed E-state index contributed by atoms with van der Waals surface area (Å²) in [5.41, 5.74) is -0.861. The van der Waals surface area contributed by atoms with Gasteiger partial charge < -0.3 is 14.4 Å². The second-order valence-electron chi connectivity index (χ2n) is 6.26. The summed E-state index contributed by atoms with van der Waals surface area (Å²) in [6, 6.07) is 8.35. The number of benzene rings is 1. The van der Waals surface area contributed by atoms with Crippen molar-refractivity contribution < 1.29 is 28.0 Å². The number of methoxy groups -OCH3 is 1. The molecule has 0 spiro atoms. The van der Waals surface area contributed by atoms with Gasteiger partial charge in [0.25, 0.3) is 5.56 Å². The van der Waals surface area contributed by atoms with Gasteiger partial charge in [-0.1, -0.05) is 18.2 Å². The molecule has 28 heavy (non-hydrogen) atoms. The topological polar surface area (TPSA) is 129 Å². The zero-order valence-electron chi connectivity index (χ0n) is 15.3. The van der Waals surface area contributed by atoms with E-state index in [1.807, 2.05) is 0 Å². The molecule has 1 aromatic carbocycles. The second-order valence-corrected chi connectivity index (χ2v) is 7.81. The van der Waals surface area contributed by atoms with Crippen molar-refractivity contribution in [3.8, 4) is 5.75 Å². The van der Waals surface area contributed by atoms with Crippen LogP contribution in [0.1, 0.15) is 18.2 Å². The van der Waals surface area contributed by atoms with Crippen molar-refractivity contribution in [2.75, 3.05) is 13.7 Å². The lowest BCUT2D eigenvalue weighted by atomic mass is 10.1. The van der Waals surface area contributed by atoms with Crippen molar-refractivity contribution in [3.05, 3.63) is 62.9 Å². The number of nitrogens with zero attached hydrogens (tertiary/aromatic N) is 1. The van der Waals surface area contributed by atoms with Gasteiger partial charge in [-0.05, 0) is 19.1 Å². The molecule has 1 aliphatic heterocycles. The Bertz CT molecular complexity index is 973. The van der Waals surface area contributed by atoms with Gasteiger partial charge >= 0.3 is 13.5 Å². The van der Waals surface area contributed by atoms with Crippen molar-refractivity contribution in [1.29, 1.82) is 0 Å². The number of aromatic nitrogens is 2. The molecule has 0 amide bonds. The molecule has 1 saturated heterocycles. The molecular weight excluding hydrogens is 391 g/mol. The number of ether oxygens (including phenoxy) is 1. The monoisotopic (exact) mass is 412 g/mol. The van der Waals surface area contributed by atoms with Crippen LogP contribution in [-0.2, 0) is 18.3 Å². The van der Waals surface area contributed by atoms with Crippen LogP contribution in [0, 0.1) is 6.92 Å². The highest BCUT2D eigenvalue weighted by molar-refractivity contribution is 7.49. The minimum Gasteiger partial charge on any atom is -0.404 e. The van der Waals surface area contributed by atoms with E-state index >= 15 is 0 Å². The van der Waals surface area contributed by atoms with Crippen molar-refractivity contribution in [2.24, 2.45) is 0 Å². The van der Waals surface area contributed by atoms with Gasteiger partial charge in [0.05, 0.1) is 6.61 Å². The zero-order valence-corrected chi connectivity index (χ0v) is 16.2. The van der Waals surface area contributed by atoms with Crippen LogP contribution in [0.3, 0.4) is 0 Å². The summed E-state index contributed by atoms with van der Waals surface area (Å²) < 4.78 is 35.2. The Balaban J connectivity index is 1.79. The van der Waals surface area contributed by atoms with Crippen LogP contribution in [0.4, 0.5) is 0 Å². The molecule has 2 heterocycles. The summed E-state index contributed by atoms with van der Waals surface area (Å²) in [6.07, 6.45) is -1.67. The van der Waals surface area contributed by atoms with E-state index in [1.54, 1.807) is 37.3 Å². The average Bonchev–Trinajstić information content (AvgIpc) is 2.66. The van der Waals surface area contributed by atoms with E-state index in [0.717, 1.165) is 0 Å². The van der Waals surface area contributed by atoms with Gasteiger partial charge in [0.2, 0.25) is 0 Å². The summed E-state index contributed by atoms with van der Waals surface area (Å²) >= 11 is 0. The number of aliphatic hydroxyl groups is 1. The molecule has 1 unspecified atom stereocenters. The molecule has 0 radical (unpaired) electrons. The van der Waals surface area contributed by atoms with Crippen LogP contribution in [0.25, 0.3) is 0 Å². The lowest BCUT2D eigenvalue weighted by molar-refractivity contribution is -0.0854. The number of aromatic amines is 1. The van der Waals surface area contributed by atoms with Crippen LogP contribution >= 0.6 is 7.82 Å². The quantitative estimate of drug-likeness (QED) is 0.680. The van der Waals surface area contributed by atoms with Crippen LogP contribution in [0.5, 0.6) is 5.75 Å². The fourth-order valence-electron chi connectivity index (χ4n) is 2.72. The standard InChI is InChI=1S/C17H21N2O8P/c1-11-9-19(17(22)18-16(11)21)15(24-2)8-14-13(20)10-25-28(23,27-14)26-12-6-4-3-5-7-12/h3-7,9,13-15,20H,8,10H2,1-2H3,(H,18,21,22)/t13-,14+,15-,28?/m1/s1. The Morgan fingerprint density at radius 3 is 2.75 bits per heavy atom. The third-order valence-electron chi connectivity index (χ3n) is 4.22. The Kier molecular flexibility index (Phi) is 6.17. The summed E-state index contributed by atoms with van der Waals surface area (Å²) in [5.74, 6) is 0.289. The molecule has 0 saturated carbocycles. The first kappa shape index (κ1) is 20.5. The first-order valence-electron chi connectivity index (χ1n) is 8.52. The van der Waals surface area contributed by atoms with E-state index in [2.05, 4.69) is 4.98 Å². The molecule has 1 fully saturated rings. The van der Waals surface area contributed by atoms with Crippen LogP contribution in [-0.4, -0.2) is 40.6 Å². The molecule has 1 aromatic heterocycles. The molecule has 0 bridgehead atoms. The Hall–Kier alpha value is -2.23. The molecule has 152 valence electrons. The number of hydrogen-bond acceptors (Lipinski definition) is 8. The van der Waals surface area contributed by atoms with Gasteiger partial charge in [-0.3, -0.25) is 23.4 Å². The first-order chi connectivity index (χ1) is 13.3. The van der Waals surface area contributed by atoms with Gasteiger partial charge in [0, 0.05) is 25.3 Å². The Labute approximate surface area is 160 Å². The molecule has 2 aromatic rings. The molecule has 10 nitrogen and oxygen atoms in total. The Morgan fingerprint density at radius 2 is 2.07 bits per heavy atom. The highest BCUT2D eigenvalue weighted by atomic mass is 31.2. The van der Waals surface area contributed by atoms with E-state index in [1.165, 1.54) is 17.9 Å². The Morgan fingerprint density at radius 1 is 1.36 bits per heavy atom. The van der Waals surface area contributed by atoms with E-state index in [0.29, 0.717) is 5.56 Å². The van der Waals surface area contributed by atoms with Crippen molar-refractivity contribution >= 4 is 7.82 Å². The fourth-order valence-corrected chi connectivity index (χ4v) is 4.15. The van der Waals surface area contributed by atoms with Gasteiger partial charge in [-0.25, -0.2) is 9.36 Å². The van der Waals surface area contributed by atoms with Gasteiger partial charge in [0.1, 0.15) is 24.2 Å². The summed E-state index contributed by atoms with van der Waals surface area (Å²) in [7, 11) is -2.61. The van der Waals surface area contributed by atoms with Crippen molar-refractivity contribution in [3.63, 3.8) is 0 Å². The van der Waals surface area contributed by atoms with Crippen molar-refractivity contribution in [1.82, 2.24) is 9.55 Å². The van der Waals surface area contributed by atoms with Crippen LogP contribution in [0.2, 0.25) is 0 Å². The molecule has 11 heteroatoms. The summed E-state index contributed by atoms with van der Waals surface area (Å²) in [5, 5.41) is 10.2. The maximum absolute atomic E-state index is 12.8. The lowest BCUT2D eigenvalue weighted by Crippen LogP contribution is -2.41. The number of aryl methyl sites for hydroxylation is 1. The number of para-hydroxylation sites is 1. The fraction of sp³-hybridized carbons (Fsp3) is 0.412. The normalized spacial score (nSPS) is 26.0. The number of rotatable bonds is 6. The van der Waals surface area contributed by atoms with E-state index in [-0.39, 0.29) is 18.8 Å². The smallest absolute Gasteiger partial charge is 0.404 e. The number of H-pyrrole nitrogens is 1. The molecule has 3 rings (SSSR count). The third kappa shape index (κ3) is 4.60. The maximum Gasteiger partial charge on any atom is 0.530 e. The molecule has 1 aliphatic rings. The summed E-state index contributed by atoms with van der Waals surface area (Å²) in [4.78, 5) is 25.8. The molecule has 2 N–H and O–H groups in total. The molecule has 4 atom stereocenters. The van der Waals surface area contributed by atoms with E-state index < -0.39 is 37.5 Å². The highest BCUT2D eigenvalue weighted by Gasteiger charge is 2.42. The number of aliphatic hydroxyl groups excluding tert-OH is 1. The lowest BCUT2D eigenvalue weighted by Gasteiger charge is -2.34. The van der Waals surface area contributed by atoms with Gasteiger partial charge in [-0.2, -0.15) is 0 Å². The first-order valence-corrected chi connectivity index (χ1v) is 9.98. The average molecular weight is 412 g/mol. The van der Waals surface area contributed by atoms with E-state index in [9.17, 15) is 19.3 Å². The maximum atomic E-state index is 12.8. The number of phosphoric ester groups is 1. The second kappa shape index (κ2) is 8.42. The highest BCUT2D eigenvalue weighted by Crippen LogP contribution is 2.54. The predicted octanol–water partition coefficient (Wildman–Crippen LogP) is 1.34. The number of hydrogen-bond donors (Lipinski definition) is 2. The van der Waals surface area contributed by atoms with Gasteiger partial charge in [-0.15, -0.1) is 0 Å². The van der Waals surface area contributed by atoms with Gasteiger partial charge in [0.15, 0.2) is 0 Å². The summed E-state index contributed by atoms with van der Waals surface area (Å²) in [6.45, 7) is 1.27. The molecule has 0 aliphatic carbocycles. The van der Waals surface area contributed by atoms with Crippen molar-refractivity contribution in [2.45, 2.75) is 31.8 Å². The minimum absolute atomic E-state index is 0.0332. The third-order valence-corrected chi connectivity index (χ3v) is 5.65. The number of nitrogens with one attached hydrogen (secondary N) is 1. The molecular formula is C17H21N2O8P. The largest absolute Gasteiger partial charge is 0.530 e. The van der Waals surface area contributed by atoms with E-state index in [4.69, 9.17) is 18.3 Å².